The van der Waals surface area contributed by atoms with Gasteiger partial charge in [-0.2, -0.15) is 0 Å². The Morgan fingerprint density at radius 1 is 1.04 bits per heavy atom. The third-order valence-corrected chi connectivity index (χ3v) is 4.46. The normalized spacial score (nSPS) is 12.1. The van der Waals surface area contributed by atoms with Crippen molar-refractivity contribution >= 4 is 52.3 Å². The Morgan fingerprint density at radius 3 is 2.20 bits per heavy atom. The summed E-state index contributed by atoms with van der Waals surface area (Å²) >= 11 is 3.46. The number of hydrogen-bond donors (Lipinski definition) is 1. The predicted molar refractivity (Wildman–Crippen MR) is 115 cm³/mol. The van der Waals surface area contributed by atoms with Crippen molar-refractivity contribution in [1.82, 2.24) is 9.97 Å². The second kappa shape index (κ2) is 7.95. The molecular weight excluding hydrogens is 372 g/mol. The topological polar surface area (TPSA) is 28.7 Å². The average Bonchev–Trinajstić information content (AvgIpc) is 3.06. The van der Waals surface area contributed by atoms with Crippen molar-refractivity contribution < 1.29 is 0 Å². The monoisotopic (exact) mass is 392 g/mol. The number of H-pyrrole nitrogens is 1. The molecule has 0 saturated carbocycles. The smallest absolute Gasteiger partial charge is 0.138 e. The Bertz CT molecular complexity index is 1140. The first-order valence-corrected chi connectivity index (χ1v) is 8.60. The Labute approximate surface area is 156 Å². The molecule has 0 fully saturated rings. The molecule has 1 N–H and O–H groups in total. The Kier molecular flexibility index (Phi) is 5.94. The van der Waals surface area contributed by atoms with E-state index < -0.39 is 0 Å². The number of nitrogens with zero attached hydrogens (tertiary/aromatic N) is 1. The van der Waals surface area contributed by atoms with Gasteiger partial charge in [0.15, 0.2) is 0 Å². The number of rotatable bonds is 2. The maximum atomic E-state index is 4.80. The molecule has 3 rings (SSSR count). The molecule has 3 heteroatoms. The van der Waals surface area contributed by atoms with E-state index in [4.69, 9.17) is 4.98 Å². The maximum absolute atomic E-state index is 4.80. The van der Waals surface area contributed by atoms with Gasteiger partial charge in [-0.25, -0.2) is 4.98 Å². The maximum Gasteiger partial charge on any atom is 0.138 e. The van der Waals surface area contributed by atoms with Gasteiger partial charge in [-0.15, -0.1) is 13.2 Å². The van der Waals surface area contributed by atoms with Gasteiger partial charge < -0.3 is 4.98 Å². The highest BCUT2D eigenvalue weighted by molar-refractivity contribution is 9.10. The number of nitrogens with one attached hydrogen (secondary N) is 1. The molecule has 0 saturated heterocycles. The summed E-state index contributed by atoms with van der Waals surface area (Å²) in [7, 11) is 0. The lowest BCUT2D eigenvalue weighted by Gasteiger charge is -1.96. The highest BCUT2D eigenvalue weighted by Crippen LogP contribution is 2.19. The van der Waals surface area contributed by atoms with Crippen molar-refractivity contribution in [3.63, 3.8) is 0 Å². The first kappa shape index (κ1) is 18.7. The van der Waals surface area contributed by atoms with Crippen LogP contribution in [0.15, 0.2) is 54.6 Å². The lowest BCUT2D eigenvalue weighted by atomic mass is 10.1. The molecule has 0 atom stereocenters. The number of aromatic amines is 1. The molecule has 0 unspecified atom stereocenters. The number of hydrogen-bond acceptors (Lipinski definition) is 1. The number of imidazole rings is 1. The largest absolute Gasteiger partial charge is 0.337 e. The van der Waals surface area contributed by atoms with Gasteiger partial charge in [0.1, 0.15) is 5.82 Å². The third kappa shape index (κ3) is 3.42. The van der Waals surface area contributed by atoms with Gasteiger partial charge >= 0.3 is 0 Å². The summed E-state index contributed by atoms with van der Waals surface area (Å²) in [6.45, 7) is 20.1. The molecule has 0 aliphatic rings. The molecule has 2 nitrogen and oxygen atoms in total. The molecule has 126 valence electrons. The van der Waals surface area contributed by atoms with E-state index in [0.29, 0.717) is 0 Å². The number of benzene rings is 2. The van der Waals surface area contributed by atoms with Crippen LogP contribution < -0.4 is 20.9 Å². The molecular formula is C22H21BrN2. The van der Waals surface area contributed by atoms with E-state index in [1.807, 2.05) is 43.3 Å². The summed E-state index contributed by atoms with van der Waals surface area (Å²) in [4.78, 5) is 8.24. The van der Waals surface area contributed by atoms with Crippen LogP contribution >= 0.6 is 15.9 Å². The fraction of sp³-hybridized carbons (Fsp3) is 0.0455. The summed E-state index contributed by atoms with van der Waals surface area (Å²) in [6, 6.07) is 8.08. The molecule has 25 heavy (non-hydrogen) atoms. The molecule has 0 aliphatic carbocycles. The SMILES string of the molecule is C=C.C=C/C=c1\c(=C)c(=C)/c(=C\C)c2[nH]c(-c3ccc(Br)cc3)nc12. The Balaban J connectivity index is 0.00000109. The van der Waals surface area contributed by atoms with Crippen LogP contribution in [0.2, 0.25) is 0 Å². The Hall–Kier alpha value is -2.65. The number of aromatic nitrogens is 2. The zero-order valence-corrected chi connectivity index (χ0v) is 16.0. The van der Waals surface area contributed by atoms with Crippen LogP contribution in [-0.2, 0) is 0 Å². The number of allylic oxidation sites excluding steroid dienone is 1. The zero-order valence-electron chi connectivity index (χ0n) is 14.4. The van der Waals surface area contributed by atoms with Crippen LogP contribution in [0.1, 0.15) is 6.92 Å². The lowest BCUT2D eigenvalue weighted by molar-refractivity contribution is 1.33. The zero-order chi connectivity index (χ0) is 18.6. The third-order valence-electron chi connectivity index (χ3n) is 3.93. The Morgan fingerprint density at radius 2 is 1.64 bits per heavy atom. The van der Waals surface area contributed by atoms with E-state index in [2.05, 4.69) is 53.8 Å². The molecule has 2 aromatic carbocycles. The minimum Gasteiger partial charge on any atom is -0.337 e. The summed E-state index contributed by atoms with van der Waals surface area (Å²) in [6.07, 6.45) is 5.73. The van der Waals surface area contributed by atoms with Crippen LogP contribution in [0.5, 0.6) is 0 Å². The van der Waals surface area contributed by atoms with E-state index in [-0.39, 0.29) is 0 Å². The summed E-state index contributed by atoms with van der Waals surface area (Å²) in [5.41, 5.74) is 2.91. The molecule has 0 radical (unpaired) electrons. The highest BCUT2D eigenvalue weighted by Gasteiger charge is 2.09. The van der Waals surface area contributed by atoms with E-state index in [9.17, 15) is 0 Å². The second-order valence-corrected chi connectivity index (χ2v) is 6.21. The fourth-order valence-corrected chi connectivity index (χ4v) is 3.01. The molecule has 0 bridgehead atoms. The van der Waals surface area contributed by atoms with Crippen LogP contribution in [0.25, 0.3) is 47.7 Å². The van der Waals surface area contributed by atoms with Crippen molar-refractivity contribution in [3.05, 3.63) is 75.4 Å². The van der Waals surface area contributed by atoms with Crippen molar-refractivity contribution in [2.75, 3.05) is 0 Å². The van der Waals surface area contributed by atoms with Crippen molar-refractivity contribution in [2.24, 2.45) is 0 Å². The van der Waals surface area contributed by atoms with Gasteiger partial charge in [-0.1, -0.05) is 66.0 Å². The number of halogens is 1. The average molecular weight is 393 g/mol. The molecule has 0 spiro atoms. The molecule has 1 heterocycles. The van der Waals surface area contributed by atoms with Gasteiger partial charge in [-0.3, -0.25) is 0 Å². The van der Waals surface area contributed by atoms with Crippen molar-refractivity contribution in [1.29, 1.82) is 0 Å². The van der Waals surface area contributed by atoms with Gasteiger partial charge in [0.2, 0.25) is 0 Å². The predicted octanol–water partition coefficient (Wildman–Crippen LogP) is 3.38. The fourth-order valence-electron chi connectivity index (χ4n) is 2.74. The standard InChI is InChI=1S/C20H17BrN2.C2H4/c1-5-7-17-13(4)12(3)16(6-2)18-19(17)23-20(22-18)14-8-10-15(21)11-9-14;1-2/h5-11H,1,3-4H2,2H3,(H,22,23);1-2H2/b16-6+,17-7+;. The van der Waals surface area contributed by atoms with Crippen LogP contribution in [0.4, 0.5) is 0 Å². The van der Waals surface area contributed by atoms with Gasteiger partial charge in [0, 0.05) is 20.5 Å². The molecule has 0 aliphatic heterocycles. The first-order valence-electron chi connectivity index (χ1n) is 7.81. The van der Waals surface area contributed by atoms with Gasteiger partial charge in [-0.05, 0) is 29.5 Å². The van der Waals surface area contributed by atoms with Crippen molar-refractivity contribution in [2.45, 2.75) is 6.92 Å². The minimum absolute atomic E-state index is 0.833. The molecule has 0 amide bonds. The highest BCUT2D eigenvalue weighted by atomic mass is 79.9. The van der Waals surface area contributed by atoms with E-state index >= 15 is 0 Å². The first-order chi connectivity index (χ1) is 12.1. The lowest BCUT2D eigenvalue weighted by Crippen LogP contribution is -2.47. The van der Waals surface area contributed by atoms with E-state index in [1.165, 1.54) is 0 Å². The van der Waals surface area contributed by atoms with Crippen molar-refractivity contribution in [3.8, 4) is 11.4 Å². The van der Waals surface area contributed by atoms with Crippen LogP contribution in [0, 0.1) is 0 Å². The van der Waals surface area contributed by atoms with Crippen LogP contribution in [0.3, 0.4) is 0 Å². The quantitative estimate of drug-likeness (QED) is 0.665. The van der Waals surface area contributed by atoms with E-state index in [1.54, 1.807) is 6.08 Å². The second-order valence-electron chi connectivity index (χ2n) is 5.29. The van der Waals surface area contributed by atoms with Gasteiger partial charge in [0.05, 0.1) is 11.0 Å². The summed E-state index contributed by atoms with van der Waals surface area (Å²) in [5, 5.41) is 3.81. The van der Waals surface area contributed by atoms with Crippen LogP contribution in [-0.4, -0.2) is 9.97 Å². The number of fused-ring (bicyclic) bond motifs is 1. The van der Waals surface area contributed by atoms with Gasteiger partial charge in [0.25, 0.3) is 0 Å². The molecule has 1 aromatic heterocycles. The summed E-state index contributed by atoms with van der Waals surface area (Å²) in [5.74, 6) is 0.833. The molecule has 3 aromatic rings. The minimum atomic E-state index is 0.833. The summed E-state index contributed by atoms with van der Waals surface area (Å²) < 4.78 is 1.04. The van der Waals surface area contributed by atoms with E-state index in [0.717, 1.165) is 47.8 Å².